The Hall–Kier alpha value is -4.26. The Morgan fingerprint density at radius 1 is 0.867 bits per heavy atom. The van der Waals surface area contributed by atoms with Crippen LogP contribution in [0.2, 0.25) is 0 Å². The third kappa shape index (κ3) is 5.92. The summed E-state index contributed by atoms with van der Waals surface area (Å²) in [6.07, 6.45) is -2.78. The summed E-state index contributed by atoms with van der Waals surface area (Å²) in [5.41, 5.74) is -1.73. The second kappa shape index (κ2) is 13.4. The molecule has 0 spiro atoms. The average molecular weight is 619 g/mol. The first-order valence-electron chi connectivity index (χ1n) is 14.5. The number of aromatic nitrogens is 2. The number of aromatic amines is 1. The third-order valence-corrected chi connectivity index (χ3v) is 8.35. The molecule has 1 aliphatic rings. The third-order valence-electron chi connectivity index (χ3n) is 8.35. The van der Waals surface area contributed by atoms with E-state index >= 15 is 0 Å². The van der Waals surface area contributed by atoms with E-state index in [9.17, 15) is 19.8 Å². The number of rotatable bonds is 12. The fourth-order valence-electron chi connectivity index (χ4n) is 5.91. The van der Waals surface area contributed by atoms with E-state index in [0.717, 1.165) is 21.3 Å². The van der Waals surface area contributed by atoms with Crippen molar-refractivity contribution in [2.75, 3.05) is 34.5 Å². The molecule has 0 amide bonds. The highest BCUT2D eigenvalue weighted by Gasteiger charge is 2.56. The van der Waals surface area contributed by atoms with Crippen LogP contribution < -0.4 is 20.7 Å². The van der Waals surface area contributed by atoms with Gasteiger partial charge in [-0.1, -0.05) is 54.6 Å². The number of hydrogen-bond acceptors (Lipinski definition) is 9. The van der Waals surface area contributed by atoms with Gasteiger partial charge in [-0.2, -0.15) is 0 Å². The summed E-state index contributed by atoms with van der Waals surface area (Å²) in [6.45, 7) is 1.43. The molecule has 238 valence electrons. The molecule has 5 rings (SSSR count). The molecule has 1 aromatic heterocycles. The van der Waals surface area contributed by atoms with Gasteiger partial charge < -0.3 is 33.9 Å². The van der Waals surface area contributed by atoms with Crippen molar-refractivity contribution in [2.45, 2.75) is 43.0 Å². The van der Waals surface area contributed by atoms with Gasteiger partial charge in [0.2, 0.25) is 0 Å². The number of nitrogens with one attached hydrogen (secondary N) is 1. The summed E-state index contributed by atoms with van der Waals surface area (Å²) < 4.78 is 30.5. The number of hydrogen-bond donors (Lipinski definition) is 3. The van der Waals surface area contributed by atoms with Crippen molar-refractivity contribution in [1.82, 2.24) is 9.55 Å². The molecular weight excluding hydrogens is 580 g/mol. The summed E-state index contributed by atoms with van der Waals surface area (Å²) >= 11 is 0. The Labute approximate surface area is 260 Å². The molecule has 1 fully saturated rings. The van der Waals surface area contributed by atoms with Crippen molar-refractivity contribution in [2.24, 2.45) is 0 Å². The minimum atomic E-state index is -1.74. The molecule has 3 aromatic carbocycles. The molecule has 0 aliphatic carbocycles. The van der Waals surface area contributed by atoms with E-state index < -0.39 is 40.9 Å². The van der Waals surface area contributed by atoms with Gasteiger partial charge in [0.05, 0.1) is 27.4 Å². The molecular formula is C34H38N2O9. The maximum atomic E-state index is 13.0. The van der Waals surface area contributed by atoms with Gasteiger partial charge in [0, 0.05) is 25.3 Å². The van der Waals surface area contributed by atoms with Crippen LogP contribution in [-0.4, -0.2) is 72.6 Å². The van der Waals surface area contributed by atoms with Crippen molar-refractivity contribution >= 4 is 0 Å². The molecule has 4 aromatic rings. The number of aliphatic hydroxyl groups is 2. The predicted octanol–water partition coefficient (Wildman–Crippen LogP) is 2.68. The number of ether oxygens (including phenoxy) is 5. The highest BCUT2D eigenvalue weighted by molar-refractivity contribution is 5.49. The van der Waals surface area contributed by atoms with E-state index in [-0.39, 0.29) is 25.2 Å². The molecule has 0 unspecified atom stereocenters. The highest BCUT2D eigenvalue weighted by atomic mass is 16.6. The van der Waals surface area contributed by atoms with Crippen LogP contribution in [0.25, 0.3) is 0 Å². The van der Waals surface area contributed by atoms with Crippen LogP contribution in [0.15, 0.2) is 94.6 Å². The van der Waals surface area contributed by atoms with Crippen molar-refractivity contribution in [3.63, 3.8) is 0 Å². The average Bonchev–Trinajstić information content (AvgIpc) is 3.32. The molecule has 11 heteroatoms. The maximum Gasteiger partial charge on any atom is 0.330 e. The lowest BCUT2D eigenvalue weighted by Crippen LogP contribution is -2.52. The normalized spacial score (nSPS) is 21.5. The smallest absolute Gasteiger partial charge is 0.330 e. The van der Waals surface area contributed by atoms with Gasteiger partial charge >= 0.3 is 5.69 Å². The molecule has 4 atom stereocenters. The van der Waals surface area contributed by atoms with Crippen LogP contribution in [0.1, 0.15) is 28.7 Å². The van der Waals surface area contributed by atoms with Gasteiger partial charge in [-0.15, -0.1) is 0 Å². The number of H-pyrrole nitrogens is 1. The lowest BCUT2D eigenvalue weighted by atomic mass is 9.80. The molecule has 1 saturated heterocycles. The fourth-order valence-corrected chi connectivity index (χ4v) is 5.91. The van der Waals surface area contributed by atoms with Crippen LogP contribution in [0.5, 0.6) is 11.5 Å². The Morgan fingerprint density at radius 3 is 1.96 bits per heavy atom. The van der Waals surface area contributed by atoms with Crippen molar-refractivity contribution in [3.8, 4) is 11.5 Å². The predicted molar refractivity (Wildman–Crippen MR) is 166 cm³/mol. The van der Waals surface area contributed by atoms with Crippen LogP contribution in [0.3, 0.4) is 0 Å². The first-order valence-corrected chi connectivity index (χ1v) is 14.5. The first kappa shape index (κ1) is 32.1. The summed E-state index contributed by atoms with van der Waals surface area (Å²) in [6, 6.07) is 24.6. The Balaban J connectivity index is 1.61. The van der Waals surface area contributed by atoms with Crippen molar-refractivity contribution < 1.29 is 33.9 Å². The molecule has 11 nitrogen and oxygen atoms in total. The molecule has 1 aliphatic heterocycles. The lowest BCUT2D eigenvalue weighted by Gasteiger charge is -2.37. The van der Waals surface area contributed by atoms with E-state index in [1.807, 2.05) is 78.9 Å². The van der Waals surface area contributed by atoms with E-state index in [1.54, 1.807) is 14.2 Å². The van der Waals surface area contributed by atoms with E-state index in [2.05, 4.69) is 4.98 Å². The number of benzene rings is 3. The molecule has 0 bridgehead atoms. The minimum absolute atomic E-state index is 0.00437. The number of aryl methyl sites for hydroxylation is 1. The van der Waals surface area contributed by atoms with Gasteiger partial charge in [-0.05, 0) is 47.9 Å². The first-order chi connectivity index (χ1) is 21.7. The van der Waals surface area contributed by atoms with Crippen molar-refractivity contribution in [3.05, 3.63) is 128 Å². The summed E-state index contributed by atoms with van der Waals surface area (Å²) in [4.78, 5) is 27.4. The quantitative estimate of drug-likeness (QED) is 0.204. The van der Waals surface area contributed by atoms with Crippen LogP contribution in [0, 0.1) is 6.92 Å². The van der Waals surface area contributed by atoms with Crippen molar-refractivity contribution in [1.29, 1.82) is 0 Å². The Kier molecular flexibility index (Phi) is 9.56. The second-order valence-corrected chi connectivity index (χ2v) is 10.9. The van der Waals surface area contributed by atoms with Gasteiger partial charge in [-0.25, -0.2) is 4.79 Å². The van der Waals surface area contributed by atoms with Crippen LogP contribution >= 0.6 is 0 Å². The van der Waals surface area contributed by atoms with Gasteiger partial charge in [0.25, 0.3) is 5.56 Å². The minimum Gasteiger partial charge on any atom is -0.497 e. The molecule has 3 N–H and O–H groups in total. The van der Waals surface area contributed by atoms with Gasteiger partial charge in [0.1, 0.15) is 35.4 Å². The largest absolute Gasteiger partial charge is 0.497 e. The zero-order valence-corrected chi connectivity index (χ0v) is 25.6. The van der Waals surface area contributed by atoms with Crippen LogP contribution in [0.4, 0.5) is 0 Å². The number of aliphatic hydroxyl groups excluding tert-OH is 2. The monoisotopic (exact) mass is 618 g/mol. The topological polar surface area (TPSA) is 141 Å². The molecule has 2 heterocycles. The lowest BCUT2D eigenvalue weighted by molar-refractivity contribution is -0.171. The molecule has 0 radical (unpaired) electrons. The number of methoxy groups -OCH3 is 3. The summed E-state index contributed by atoms with van der Waals surface area (Å²) in [5.74, 6) is 1.33. The SMILES string of the molecule is COCC[C@@]1(n2cc(C)c(=O)[nH]c2=O)O[C@H](COC(c2ccccc2)(c2ccc(OC)cc2)c2ccc(OC)cc2)[C@@H](O)[C@H]1O. The zero-order valence-electron chi connectivity index (χ0n) is 25.6. The highest BCUT2D eigenvalue weighted by Crippen LogP contribution is 2.44. The maximum absolute atomic E-state index is 13.0. The Morgan fingerprint density at radius 2 is 1.42 bits per heavy atom. The van der Waals surface area contributed by atoms with Crippen LogP contribution in [-0.2, 0) is 25.5 Å². The van der Waals surface area contributed by atoms with E-state index in [0.29, 0.717) is 11.5 Å². The zero-order chi connectivity index (χ0) is 32.2. The number of nitrogens with zero attached hydrogens (tertiary/aromatic N) is 1. The summed E-state index contributed by atoms with van der Waals surface area (Å²) in [7, 11) is 4.66. The Bertz CT molecular complexity index is 1640. The second-order valence-electron chi connectivity index (χ2n) is 10.9. The standard InChI is InChI=1S/C34H38N2O9/c1-22-20-36(32(40)35-31(22)39)33(18-19-41-2)30(38)29(37)28(45-33)21-44-34(23-8-6-5-7-9-23,24-10-14-26(42-3)15-11-24)25-12-16-27(43-4)17-13-25/h5-17,20,28-30,37-38H,18-19,21H2,1-4H3,(H,35,39,40)/t28-,29-,30-,33-/m1/s1. The summed E-state index contributed by atoms with van der Waals surface area (Å²) in [5, 5.41) is 22.9. The fraction of sp³-hybridized carbons (Fsp3) is 0.353. The van der Waals surface area contributed by atoms with E-state index in [4.69, 9.17) is 23.7 Å². The molecule has 45 heavy (non-hydrogen) atoms. The van der Waals surface area contributed by atoms with Gasteiger partial charge in [0.15, 0.2) is 5.72 Å². The van der Waals surface area contributed by atoms with Gasteiger partial charge in [-0.3, -0.25) is 14.3 Å². The molecule has 0 saturated carbocycles. The van der Waals surface area contributed by atoms with E-state index in [1.165, 1.54) is 20.2 Å².